The Labute approximate surface area is 96.1 Å². The highest BCUT2D eigenvalue weighted by atomic mass is 16.5. The molecule has 0 aliphatic carbocycles. The highest BCUT2D eigenvalue weighted by molar-refractivity contribution is 5.69. The van der Waals surface area contributed by atoms with Crippen molar-refractivity contribution in [1.82, 2.24) is 0 Å². The highest BCUT2D eigenvalue weighted by Gasteiger charge is 2.26. The van der Waals surface area contributed by atoms with E-state index in [0.717, 1.165) is 11.1 Å². The zero-order valence-electron chi connectivity index (χ0n) is 9.99. The summed E-state index contributed by atoms with van der Waals surface area (Å²) in [5, 5.41) is 8.90. The predicted octanol–water partition coefficient (Wildman–Crippen LogP) is 2.59. The molecule has 16 heavy (non-hydrogen) atoms. The molecular weight excluding hydrogens is 204 g/mol. The molecule has 0 heterocycles. The van der Waals surface area contributed by atoms with Crippen molar-refractivity contribution in [3.63, 3.8) is 0 Å². The van der Waals surface area contributed by atoms with Crippen LogP contribution in [0, 0.1) is 0 Å². The van der Waals surface area contributed by atoms with E-state index in [9.17, 15) is 4.79 Å². The Kier molecular flexibility index (Phi) is 4.07. The van der Waals surface area contributed by atoms with E-state index in [2.05, 4.69) is 0 Å². The molecule has 1 aromatic carbocycles. The maximum absolute atomic E-state index is 10.8. The standard InChI is InChI=1S/C13H18O3/c1-13(2,8-12(14)15)11-7-5-4-6-10(11)9-16-3/h4-7H,8-9H2,1-3H3,(H,14,15). The lowest BCUT2D eigenvalue weighted by atomic mass is 9.79. The van der Waals surface area contributed by atoms with Crippen molar-refractivity contribution in [2.75, 3.05) is 7.11 Å². The second-order valence-corrected chi connectivity index (χ2v) is 4.54. The van der Waals surface area contributed by atoms with E-state index in [1.807, 2.05) is 38.1 Å². The minimum atomic E-state index is -0.780. The topological polar surface area (TPSA) is 46.5 Å². The van der Waals surface area contributed by atoms with Gasteiger partial charge in [0.2, 0.25) is 0 Å². The first-order valence-corrected chi connectivity index (χ1v) is 5.26. The van der Waals surface area contributed by atoms with Crippen LogP contribution in [0.5, 0.6) is 0 Å². The third-order valence-electron chi connectivity index (χ3n) is 2.64. The van der Waals surface area contributed by atoms with Gasteiger partial charge in [0.15, 0.2) is 0 Å². The quantitative estimate of drug-likeness (QED) is 0.833. The summed E-state index contributed by atoms with van der Waals surface area (Å²) in [5.41, 5.74) is 1.72. The van der Waals surface area contributed by atoms with Gasteiger partial charge in [0.05, 0.1) is 13.0 Å². The normalized spacial score (nSPS) is 11.4. The fourth-order valence-electron chi connectivity index (χ4n) is 1.94. The first kappa shape index (κ1) is 12.7. The van der Waals surface area contributed by atoms with Crippen molar-refractivity contribution in [2.24, 2.45) is 0 Å². The van der Waals surface area contributed by atoms with Crippen LogP contribution in [0.15, 0.2) is 24.3 Å². The van der Waals surface area contributed by atoms with Crippen molar-refractivity contribution in [3.05, 3.63) is 35.4 Å². The average molecular weight is 222 g/mol. The van der Waals surface area contributed by atoms with Gasteiger partial charge < -0.3 is 9.84 Å². The van der Waals surface area contributed by atoms with E-state index < -0.39 is 5.97 Å². The number of carboxylic acid groups (broad SMARTS) is 1. The Hall–Kier alpha value is -1.35. The molecule has 0 aromatic heterocycles. The predicted molar refractivity (Wildman–Crippen MR) is 62.4 cm³/mol. The van der Waals surface area contributed by atoms with Crippen LogP contribution in [-0.4, -0.2) is 18.2 Å². The molecule has 0 atom stereocenters. The molecule has 0 unspecified atom stereocenters. The van der Waals surface area contributed by atoms with Crippen LogP contribution < -0.4 is 0 Å². The summed E-state index contributed by atoms with van der Waals surface area (Å²) in [6, 6.07) is 7.81. The van der Waals surface area contributed by atoms with E-state index in [4.69, 9.17) is 9.84 Å². The Morgan fingerprint density at radius 3 is 2.56 bits per heavy atom. The zero-order chi connectivity index (χ0) is 12.2. The molecule has 1 aromatic rings. The van der Waals surface area contributed by atoms with Gasteiger partial charge in [0, 0.05) is 12.5 Å². The van der Waals surface area contributed by atoms with E-state index >= 15 is 0 Å². The van der Waals surface area contributed by atoms with Gasteiger partial charge in [0.1, 0.15) is 0 Å². The van der Waals surface area contributed by atoms with Crippen LogP contribution in [0.25, 0.3) is 0 Å². The van der Waals surface area contributed by atoms with Crippen LogP contribution in [-0.2, 0) is 21.6 Å². The highest BCUT2D eigenvalue weighted by Crippen LogP contribution is 2.30. The summed E-state index contributed by atoms with van der Waals surface area (Å²) >= 11 is 0. The number of aliphatic carboxylic acids is 1. The van der Waals surface area contributed by atoms with Gasteiger partial charge in [-0.25, -0.2) is 0 Å². The van der Waals surface area contributed by atoms with Crippen molar-refractivity contribution < 1.29 is 14.6 Å². The number of hydrogen-bond acceptors (Lipinski definition) is 2. The fraction of sp³-hybridized carbons (Fsp3) is 0.462. The van der Waals surface area contributed by atoms with Crippen LogP contribution in [0.2, 0.25) is 0 Å². The number of benzene rings is 1. The molecule has 0 radical (unpaired) electrons. The van der Waals surface area contributed by atoms with E-state index in [1.54, 1.807) is 7.11 Å². The summed E-state index contributed by atoms with van der Waals surface area (Å²) in [4.78, 5) is 10.8. The van der Waals surface area contributed by atoms with Gasteiger partial charge in [0.25, 0.3) is 0 Å². The summed E-state index contributed by atoms with van der Waals surface area (Å²) in [5.74, 6) is -0.780. The van der Waals surface area contributed by atoms with Gasteiger partial charge in [-0.3, -0.25) is 4.79 Å². The minimum absolute atomic E-state index is 0.119. The maximum atomic E-state index is 10.8. The molecule has 0 amide bonds. The molecule has 0 aliphatic heterocycles. The summed E-state index contributed by atoms with van der Waals surface area (Å²) < 4.78 is 5.12. The van der Waals surface area contributed by atoms with E-state index in [-0.39, 0.29) is 11.8 Å². The second kappa shape index (κ2) is 5.12. The summed E-state index contributed by atoms with van der Waals surface area (Å²) in [6.07, 6.45) is 0.119. The van der Waals surface area contributed by atoms with Gasteiger partial charge in [-0.15, -0.1) is 0 Å². The lowest BCUT2D eigenvalue weighted by Gasteiger charge is -2.25. The zero-order valence-corrected chi connectivity index (χ0v) is 9.99. The minimum Gasteiger partial charge on any atom is -0.481 e. The first-order valence-electron chi connectivity index (χ1n) is 5.26. The Bertz CT molecular complexity index is 369. The monoisotopic (exact) mass is 222 g/mol. The maximum Gasteiger partial charge on any atom is 0.304 e. The number of carboxylic acids is 1. The van der Waals surface area contributed by atoms with Gasteiger partial charge >= 0.3 is 5.97 Å². The van der Waals surface area contributed by atoms with Crippen molar-refractivity contribution in [3.8, 4) is 0 Å². The number of rotatable bonds is 5. The number of hydrogen-bond donors (Lipinski definition) is 1. The van der Waals surface area contributed by atoms with Crippen LogP contribution in [0.1, 0.15) is 31.4 Å². The summed E-state index contributed by atoms with van der Waals surface area (Å²) in [6.45, 7) is 4.39. The summed E-state index contributed by atoms with van der Waals surface area (Å²) in [7, 11) is 1.64. The molecule has 0 aliphatic rings. The molecule has 0 saturated carbocycles. The molecule has 0 saturated heterocycles. The molecule has 0 spiro atoms. The lowest BCUT2D eigenvalue weighted by Crippen LogP contribution is -2.23. The van der Waals surface area contributed by atoms with Gasteiger partial charge in [-0.1, -0.05) is 38.1 Å². The first-order chi connectivity index (χ1) is 7.47. The van der Waals surface area contributed by atoms with Crippen LogP contribution >= 0.6 is 0 Å². The van der Waals surface area contributed by atoms with Crippen LogP contribution in [0.4, 0.5) is 0 Å². The third-order valence-corrected chi connectivity index (χ3v) is 2.64. The van der Waals surface area contributed by atoms with Crippen molar-refractivity contribution in [1.29, 1.82) is 0 Å². The third kappa shape index (κ3) is 3.07. The molecule has 3 heteroatoms. The molecule has 1 N–H and O–H groups in total. The number of carbonyl (C=O) groups is 1. The van der Waals surface area contributed by atoms with E-state index in [1.165, 1.54) is 0 Å². The van der Waals surface area contributed by atoms with Crippen LogP contribution in [0.3, 0.4) is 0 Å². The molecule has 88 valence electrons. The molecule has 3 nitrogen and oxygen atoms in total. The SMILES string of the molecule is COCc1ccccc1C(C)(C)CC(=O)O. The Morgan fingerprint density at radius 1 is 1.38 bits per heavy atom. The largest absolute Gasteiger partial charge is 0.481 e. The Morgan fingerprint density at radius 2 is 2.00 bits per heavy atom. The average Bonchev–Trinajstić information content (AvgIpc) is 2.17. The molecule has 0 fully saturated rings. The fourth-order valence-corrected chi connectivity index (χ4v) is 1.94. The van der Waals surface area contributed by atoms with Gasteiger partial charge in [-0.05, 0) is 11.1 Å². The van der Waals surface area contributed by atoms with E-state index in [0.29, 0.717) is 6.61 Å². The number of ether oxygens (including phenoxy) is 1. The smallest absolute Gasteiger partial charge is 0.304 e. The second-order valence-electron chi connectivity index (χ2n) is 4.54. The molecular formula is C13H18O3. The van der Waals surface area contributed by atoms with Crippen molar-refractivity contribution >= 4 is 5.97 Å². The number of methoxy groups -OCH3 is 1. The lowest BCUT2D eigenvalue weighted by molar-refractivity contribution is -0.138. The molecule has 0 bridgehead atoms. The Balaban J connectivity index is 3.05. The molecule has 1 rings (SSSR count). The van der Waals surface area contributed by atoms with Crippen molar-refractivity contribution in [2.45, 2.75) is 32.3 Å². The van der Waals surface area contributed by atoms with Gasteiger partial charge in [-0.2, -0.15) is 0 Å².